The van der Waals surface area contributed by atoms with Crippen molar-refractivity contribution in [1.82, 2.24) is 0 Å². The first-order valence-corrected chi connectivity index (χ1v) is 6.16. The van der Waals surface area contributed by atoms with Crippen molar-refractivity contribution in [3.63, 3.8) is 0 Å². The fourth-order valence-electron chi connectivity index (χ4n) is 1.39. The first kappa shape index (κ1) is 12.2. The second-order valence-corrected chi connectivity index (χ2v) is 5.04. The molecule has 0 aromatic carbocycles. The number of rotatable bonds is 4. The molecule has 0 aliphatic heterocycles. The quantitative estimate of drug-likeness (QED) is 0.733. The molecule has 3 heteroatoms. The second kappa shape index (κ2) is 4.79. The van der Waals surface area contributed by atoms with Gasteiger partial charge >= 0.3 is 5.97 Å². The summed E-state index contributed by atoms with van der Waals surface area (Å²) in [5.41, 5.74) is 1.15. The van der Waals surface area contributed by atoms with Crippen LogP contribution < -0.4 is 0 Å². The maximum Gasteiger partial charge on any atom is 0.348 e. The molecule has 0 N–H and O–H groups in total. The Morgan fingerprint density at radius 3 is 2.67 bits per heavy atom. The summed E-state index contributed by atoms with van der Waals surface area (Å²) in [4.78, 5) is 12.4. The zero-order valence-electron chi connectivity index (χ0n) is 9.79. The average Bonchev–Trinajstić information content (AvgIpc) is 2.67. The average molecular weight is 226 g/mol. The molecule has 0 aliphatic carbocycles. The number of thiophene rings is 1. The standard InChI is InChI=1S/C12H18O2S/c1-5-12(3,4)9-7-8-15-10(9)11(13)14-6-2/h7-8H,5-6H2,1-4H3. The molecule has 1 heterocycles. The van der Waals surface area contributed by atoms with E-state index >= 15 is 0 Å². The van der Waals surface area contributed by atoms with Gasteiger partial charge < -0.3 is 4.74 Å². The van der Waals surface area contributed by atoms with Crippen LogP contribution in [0.1, 0.15) is 49.4 Å². The molecule has 1 aromatic rings. The maximum atomic E-state index is 11.7. The molecule has 1 aromatic heterocycles. The summed E-state index contributed by atoms with van der Waals surface area (Å²) >= 11 is 1.47. The Kier molecular flexibility index (Phi) is 3.91. The summed E-state index contributed by atoms with van der Waals surface area (Å²) in [7, 11) is 0. The van der Waals surface area contributed by atoms with Crippen molar-refractivity contribution >= 4 is 17.3 Å². The number of carbonyl (C=O) groups excluding carboxylic acids is 1. The predicted octanol–water partition coefficient (Wildman–Crippen LogP) is 3.61. The topological polar surface area (TPSA) is 26.3 Å². The smallest absolute Gasteiger partial charge is 0.348 e. The van der Waals surface area contributed by atoms with Crippen LogP contribution in [0.3, 0.4) is 0 Å². The van der Waals surface area contributed by atoms with Crippen molar-refractivity contribution in [3.8, 4) is 0 Å². The second-order valence-electron chi connectivity index (χ2n) is 4.12. The van der Waals surface area contributed by atoms with Crippen LogP contribution in [0, 0.1) is 0 Å². The zero-order valence-corrected chi connectivity index (χ0v) is 10.6. The normalized spacial score (nSPS) is 11.5. The van der Waals surface area contributed by atoms with E-state index in [0.29, 0.717) is 6.61 Å². The highest BCUT2D eigenvalue weighted by molar-refractivity contribution is 7.12. The predicted molar refractivity (Wildman–Crippen MR) is 63.6 cm³/mol. The molecule has 84 valence electrons. The summed E-state index contributed by atoms with van der Waals surface area (Å²) in [6, 6.07) is 2.03. The van der Waals surface area contributed by atoms with Gasteiger partial charge in [-0.2, -0.15) is 0 Å². The van der Waals surface area contributed by atoms with Crippen molar-refractivity contribution < 1.29 is 9.53 Å². The number of ether oxygens (including phenoxy) is 1. The molecule has 0 aliphatic rings. The van der Waals surface area contributed by atoms with Gasteiger partial charge in [-0.25, -0.2) is 4.79 Å². The van der Waals surface area contributed by atoms with E-state index in [1.165, 1.54) is 11.3 Å². The van der Waals surface area contributed by atoms with E-state index in [1.54, 1.807) is 0 Å². The highest BCUT2D eigenvalue weighted by atomic mass is 32.1. The van der Waals surface area contributed by atoms with E-state index in [1.807, 2.05) is 18.4 Å². The fraction of sp³-hybridized carbons (Fsp3) is 0.583. The van der Waals surface area contributed by atoms with Gasteiger partial charge in [0, 0.05) is 0 Å². The van der Waals surface area contributed by atoms with Crippen LogP contribution in [0.4, 0.5) is 0 Å². The van der Waals surface area contributed by atoms with E-state index in [4.69, 9.17) is 4.74 Å². The Bertz CT molecular complexity index is 339. The van der Waals surface area contributed by atoms with Gasteiger partial charge in [0.2, 0.25) is 0 Å². The maximum absolute atomic E-state index is 11.7. The molecule has 15 heavy (non-hydrogen) atoms. The number of hydrogen-bond acceptors (Lipinski definition) is 3. The Labute approximate surface area is 95.3 Å². The van der Waals surface area contributed by atoms with Gasteiger partial charge in [-0.05, 0) is 35.8 Å². The molecule has 0 bridgehead atoms. The van der Waals surface area contributed by atoms with Gasteiger partial charge in [0.25, 0.3) is 0 Å². The highest BCUT2D eigenvalue weighted by Crippen LogP contribution is 2.33. The van der Waals surface area contributed by atoms with E-state index < -0.39 is 0 Å². The summed E-state index contributed by atoms with van der Waals surface area (Å²) in [6.45, 7) is 8.70. The zero-order chi connectivity index (χ0) is 11.5. The van der Waals surface area contributed by atoms with Gasteiger partial charge in [0.1, 0.15) is 4.88 Å². The lowest BCUT2D eigenvalue weighted by molar-refractivity contribution is 0.0529. The van der Waals surface area contributed by atoms with Gasteiger partial charge in [-0.15, -0.1) is 11.3 Å². The molecule has 0 radical (unpaired) electrons. The highest BCUT2D eigenvalue weighted by Gasteiger charge is 2.26. The molecule has 0 saturated heterocycles. The molecule has 0 amide bonds. The molecule has 1 rings (SSSR count). The Hall–Kier alpha value is -0.830. The monoisotopic (exact) mass is 226 g/mol. The fourth-order valence-corrected chi connectivity index (χ4v) is 2.35. The van der Waals surface area contributed by atoms with Crippen LogP contribution in [-0.4, -0.2) is 12.6 Å². The molecule has 0 unspecified atom stereocenters. The van der Waals surface area contributed by atoms with Gasteiger partial charge in [-0.3, -0.25) is 0 Å². The lowest BCUT2D eigenvalue weighted by Gasteiger charge is -2.22. The first-order chi connectivity index (χ1) is 7.03. The molecule has 0 spiro atoms. The molecule has 0 atom stereocenters. The third-order valence-electron chi connectivity index (χ3n) is 2.74. The van der Waals surface area contributed by atoms with E-state index in [0.717, 1.165) is 16.9 Å². The van der Waals surface area contributed by atoms with Gasteiger partial charge in [-0.1, -0.05) is 20.8 Å². The lowest BCUT2D eigenvalue weighted by atomic mass is 9.82. The van der Waals surface area contributed by atoms with Crippen LogP contribution in [0.25, 0.3) is 0 Å². The first-order valence-electron chi connectivity index (χ1n) is 5.28. The van der Waals surface area contributed by atoms with Crippen molar-refractivity contribution in [2.24, 2.45) is 0 Å². The van der Waals surface area contributed by atoms with Crippen LogP contribution in [0.5, 0.6) is 0 Å². The van der Waals surface area contributed by atoms with Crippen molar-refractivity contribution in [2.45, 2.75) is 39.5 Å². The van der Waals surface area contributed by atoms with Gasteiger partial charge in [0.15, 0.2) is 0 Å². The molecule has 0 fully saturated rings. The number of esters is 1. The minimum atomic E-state index is -0.191. The molecular weight excluding hydrogens is 208 g/mol. The van der Waals surface area contributed by atoms with Crippen molar-refractivity contribution in [3.05, 3.63) is 21.9 Å². The third-order valence-corrected chi connectivity index (χ3v) is 3.63. The third kappa shape index (κ3) is 2.59. The van der Waals surface area contributed by atoms with Crippen LogP contribution in [0.15, 0.2) is 11.4 Å². The minimum Gasteiger partial charge on any atom is -0.462 e. The van der Waals surface area contributed by atoms with E-state index in [9.17, 15) is 4.79 Å². The summed E-state index contributed by atoms with van der Waals surface area (Å²) in [5.74, 6) is -0.191. The Balaban J connectivity index is 3.01. The van der Waals surface area contributed by atoms with E-state index in [-0.39, 0.29) is 11.4 Å². The number of hydrogen-bond donors (Lipinski definition) is 0. The SMILES string of the molecule is CCOC(=O)c1sccc1C(C)(C)CC. The van der Waals surface area contributed by atoms with Crippen LogP contribution in [0.2, 0.25) is 0 Å². The largest absolute Gasteiger partial charge is 0.462 e. The van der Waals surface area contributed by atoms with Crippen LogP contribution in [-0.2, 0) is 10.2 Å². The number of carbonyl (C=O) groups is 1. The molecule has 0 saturated carbocycles. The summed E-state index contributed by atoms with van der Waals surface area (Å²) in [6.07, 6.45) is 1.01. The summed E-state index contributed by atoms with van der Waals surface area (Å²) < 4.78 is 5.04. The van der Waals surface area contributed by atoms with Crippen molar-refractivity contribution in [1.29, 1.82) is 0 Å². The minimum absolute atomic E-state index is 0.0437. The Morgan fingerprint density at radius 1 is 1.47 bits per heavy atom. The van der Waals surface area contributed by atoms with Gasteiger partial charge in [0.05, 0.1) is 6.61 Å². The van der Waals surface area contributed by atoms with Crippen LogP contribution >= 0.6 is 11.3 Å². The summed E-state index contributed by atoms with van der Waals surface area (Å²) in [5, 5.41) is 1.96. The Morgan fingerprint density at radius 2 is 2.13 bits per heavy atom. The van der Waals surface area contributed by atoms with E-state index in [2.05, 4.69) is 20.8 Å². The molecular formula is C12H18O2S. The lowest BCUT2D eigenvalue weighted by Crippen LogP contribution is -2.18. The van der Waals surface area contributed by atoms with Crippen molar-refractivity contribution in [2.75, 3.05) is 6.61 Å². The molecule has 2 nitrogen and oxygen atoms in total.